The van der Waals surface area contributed by atoms with Gasteiger partial charge >= 0.3 is 5.97 Å². The minimum atomic E-state index is -0.225. The molecule has 1 aromatic carbocycles. The lowest BCUT2D eigenvalue weighted by molar-refractivity contribution is -0.143. The molecule has 3 heteroatoms. The van der Waals surface area contributed by atoms with Crippen LogP contribution < -0.4 is 0 Å². The molecule has 0 bridgehead atoms. The number of Topliss-reactive ketones (excluding diaryl/α,β-unsaturated/α-hetero) is 1. The highest BCUT2D eigenvalue weighted by Crippen LogP contribution is 2.12. The molecule has 0 saturated carbocycles. The van der Waals surface area contributed by atoms with Gasteiger partial charge in [-0.3, -0.25) is 9.59 Å². The van der Waals surface area contributed by atoms with Crippen molar-refractivity contribution in [2.75, 3.05) is 6.61 Å². The molecule has 0 heterocycles. The predicted octanol–water partition coefficient (Wildman–Crippen LogP) is 4.34. The van der Waals surface area contributed by atoms with Gasteiger partial charge in [0.2, 0.25) is 0 Å². The second-order valence-electron chi connectivity index (χ2n) is 5.24. The smallest absolute Gasteiger partial charge is 0.305 e. The largest absolute Gasteiger partial charge is 0.466 e. The average Bonchev–Trinajstić information content (AvgIpc) is 2.48. The number of ether oxygens (including phenoxy) is 1. The highest BCUT2D eigenvalue weighted by atomic mass is 16.5. The van der Waals surface area contributed by atoms with Gasteiger partial charge in [0.15, 0.2) is 5.78 Å². The van der Waals surface area contributed by atoms with Crippen LogP contribution in [-0.4, -0.2) is 18.4 Å². The number of hydrogen-bond acceptors (Lipinski definition) is 3. The maximum Gasteiger partial charge on any atom is 0.305 e. The third-order valence-corrected chi connectivity index (χ3v) is 3.43. The van der Waals surface area contributed by atoms with Crippen molar-refractivity contribution >= 4 is 11.8 Å². The summed E-state index contributed by atoms with van der Waals surface area (Å²) in [6.45, 7) is 4.37. The number of ketones is 1. The fraction of sp³-hybridized carbons (Fsp3) is 0.556. The van der Waals surface area contributed by atoms with E-state index in [-0.39, 0.29) is 11.8 Å². The third kappa shape index (κ3) is 7.07. The van der Waals surface area contributed by atoms with E-state index >= 15 is 0 Å². The summed E-state index contributed by atoms with van der Waals surface area (Å²) in [6.07, 6.45) is 6.00. The Kier molecular flexibility index (Phi) is 8.41. The normalized spacial score (nSPS) is 10.4. The van der Waals surface area contributed by atoms with Crippen LogP contribution in [0.5, 0.6) is 0 Å². The summed E-state index contributed by atoms with van der Waals surface area (Å²) in [7, 11) is 0. The lowest BCUT2D eigenvalue weighted by Crippen LogP contribution is -2.05. The van der Waals surface area contributed by atoms with Crippen LogP contribution in [0.15, 0.2) is 24.3 Å². The van der Waals surface area contributed by atoms with E-state index in [0.717, 1.165) is 12.0 Å². The molecule has 0 amide bonds. The molecule has 0 atom stereocenters. The molecule has 0 N–H and O–H groups in total. The number of carbonyl (C=O) groups is 2. The van der Waals surface area contributed by atoms with Crippen molar-refractivity contribution in [2.45, 2.75) is 58.8 Å². The predicted molar refractivity (Wildman–Crippen MR) is 84.5 cm³/mol. The van der Waals surface area contributed by atoms with E-state index in [1.165, 1.54) is 24.8 Å². The van der Waals surface area contributed by atoms with Crippen LogP contribution in [0.4, 0.5) is 0 Å². The Morgan fingerprint density at radius 2 is 1.67 bits per heavy atom. The minimum absolute atomic E-state index is 0.0967. The van der Waals surface area contributed by atoms with E-state index in [4.69, 9.17) is 4.74 Å². The van der Waals surface area contributed by atoms with Crippen molar-refractivity contribution < 1.29 is 14.3 Å². The molecule has 3 nitrogen and oxygen atoms in total. The average molecular weight is 290 g/mol. The minimum Gasteiger partial charge on any atom is -0.466 e. The standard InChI is InChI=1S/C18H26O3/c1-3-5-6-8-15-11-13-16(14-12-15)17(19)9-7-10-18(20)21-4-2/h11-14H,3-10H2,1-2H3. The van der Waals surface area contributed by atoms with Gasteiger partial charge in [-0.2, -0.15) is 0 Å². The summed E-state index contributed by atoms with van der Waals surface area (Å²) < 4.78 is 4.84. The molecule has 0 fully saturated rings. The van der Waals surface area contributed by atoms with Gasteiger partial charge in [-0.05, 0) is 31.7 Å². The number of benzene rings is 1. The number of rotatable bonds is 10. The van der Waals surface area contributed by atoms with E-state index in [0.29, 0.717) is 25.9 Å². The Balaban J connectivity index is 2.35. The summed E-state index contributed by atoms with van der Waals surface area (Å²) in [5, 5.41) is 0. The molecule has 116 valence electrons. The van der Waals surface area contributed by atoms with Crippen LogP contribution in [0.1, 0.15) is 68.3 Å². The Morgan fingerprint density at radius 3 is 2.29 bits per heavy atom. The number of esters is 1. The zero-order valence-electron chi connectivity index (χ0n) is 13.2. The van der Waals surface area contributed by atoms with Crippen molar-refractivity contribution in [2.24, 2.45) is 0 Å². The lowest BCUT2D eigenvalue weighted by Gasteiger charge is -2.04. The van der Waals surface area contributed by atoms with Gasteiger partial charge in [0.25, 0.3) is 0 Å². The second-order valence-corrected chi connectivity index (χ2v) is 5.24. The molecule has 0 unspecified atom stereocenters. The third-order valence-electron chi connectivity index (χ3n) is 3.43. The summed E-state index contributed by atoms with van der Waals surface area (Å²) in [4.78, 5) is 23.2. The Hall–Kier alpha value is -1.64. The number of aryl methyl sites for hydroxylation is 1. The van der Waals surface area contributed by atoms with Gasteiger partial charge in [-0.1, -0.05) is 44.0 Å². The zero-order chi connectivity index (χ0) is 15.5. The van der Waals surface area contributed by atoms with Gasteiger partial charge in [0, 0.05) is 18.4 Å². The maximum atomic E-state index is 12.0. The first-order valence-corrected chi connectivity index (χ1v) is 7.95. The monoisotopic (exact) mass is 290 g/mol. The summed E-state index contributed by atoms with van der Waals surface area (Å²) in [6, 6.07) is 7.87. The van der Waals surface area contributed by atoms with Crippen molar-refractivity contribution in [3.63, 3.8) is 0 Å². The first kappa shape index (κ1) is 17.4. The van der Waals surface area contributed by atoms with E-state index in [9.17, 15) is 9.59 Å². The fourth-order valence-corrected chi connectivity index (χ4v) is 2.21. The molecule has 0 aliphatic rings. The molecule has 0 aliphatic carbocycles. The topological polar surface area (TPSA) is 43.4 Å². The molecule has 0 radical (unpaired) electrons. The summed E-state index contributed by atoms with van der Waals surface area (Å²) >= 11 is 0. The van der Waals surface area contributed by atoms with Gasteiger partial charge in [0.05, 0.1) is 6.61 Å². The SMILES string of the molecule is CCCCCc1ccc(C(=O)CCCC(=O)OCC)cc1. The van der Waals surface area contributed by atoms with E-state index in [2.05, 4.69) is 6.92 Å². The molecular weight excluding hydrogens is 264 g/mol. The summed E-state index contributed by atoms with van der Waals surface area (Å²) in [5.41, 5.74) is 2.02. The van der Waals surface area contributed by atoms with Gasteiger partial charge in [-0.25, -0.2) is 0 Å². The fourth-order valence-electron chi connectivity index (χ4n) is 2.21. The molecule has 1 rings (SSSR count). The van der Waals surface area contributed by atoms with Crippen LogP contribution in [0.25, 0.3) is 0 Å². The molecule has 0 aliphatic heterocycles. The van der Waals surface area contributed by atoms with Gasteiger partial charge in [-0.15, -0.1) is 0 Å². The number of hydrogen-bond donors (Lipinski definition) is 0. The Bertz CT molecular complexity index is 434. The molecular formula is C18H26O3. The molecule has 0 spiro atoms. The Labute approximate surface area is 127 Å². The van der Waals surface area contributed by atoms with Crippen molar-refractivity contribution in [1.29, 1.82) is 0 Å². The quantitative estimate of drug-likeness (QED) is 0.366. The molecule has 0 saturated heterocycles. The molecule has 21 heavy (non-hydrogen) atoms. The lowest BCUT2D eigenvalue weighted by atomic mass is 10.0. The molecule has 1 aromatic rings. The van der Waals surface area contributed by atoms with Gasteiger partial charge < -0.3 is 4.74 Å². The van der Waals surface area contributed by atoms with E-state index in [1.54, 1.807) is 6.92 Å². The van der Waals surface area contributed by atoms with Crippen LogP contribution >= 0.6 is 0 Å². The van der Waals surface area contributed by atoms with Crippen LogP contribution in [0.2, 0.25) is 0 Å². The van der Waals surface area contributed by atoms with Crippen molar-refractivity contribution in [3.8, 4) is 0 Å². The van der Waals surface area contributed by atoms with Crippen molar-refractivity contribution in [1.82, 2.24) is 0 Å². The summed E-state index contributed by atoms with van der Waals surface area (Å²) in [5.74, 6) is -0.129. The first-order valence-electron chi connectivity index (χ1n) is 7.95. The number of carbonyl (C=O) groups excluding carboxylic acids is 2. The van der Waals surface area contributed by atoms with Gasteiger partial charge in [0.1, 0.15) is 0 Å². The molecule has 0 aromatic heterocycles. The highest BCUT2D eigenvalue weighted by molar-refractivity contribution is 5.96. The first-order chi connectivity index (χ1) is 10.2. The Morgan fingerprint density at radius 1 is 0.952 bits per heavy atom. The maximum absolute atomic E-state index is 12.0. The van der Waals surface area contributed by atoms with Crippen LogP contribution in [0, 0.1) is 0 Å². The zero-order valence-corrected chi connectivity index (χ0v) is 13.2. The van der Waals surface area contributed by atoms with E-state index in [1.807, 2.05) is 24.3 Å². The van der Waals surface area contributed by atoms with Crippen LogP contribution in [-0.2, 0) is 16.0 Å². The number of unbranched alkanes of at least 4 members (excludes halogenated alkanes) is 2. The van der Waals surface area contributed by atoms with Crippen molar-refractivity contribution in [3.05, 3.63) is 35.4 Å². The van der Waals surface area contributed by atoms with E-state index < -0.39 is 0 Å². The second kappa shape index (κ2) is 10.1. The van der Waals surface area contributed by atoms with Crippen LogP contribution in [0.3, 0.4) is 0 Å². The highest BCUT2D eigenvalue weighted by Gasteiger charge is 2.08.